The standard InChI is InChI=1S/C15H14N2OS/c1-10-3-2-4-11(7-10)9-19-15-17-13-6-5-12(16)8-14(13)18-15/h2-8H,9,16H2,1H3. The third-order valence-electron chi connectivity index (χ3n) is 2.84. The topological polar surface area (TPSA) is 52.0 Å². The van der Waals surface area contributed by atoms with Crippen LogP contribution in [0.25, 0.3) is 11.1 Å². The van der Waals surface area contributed by atoms with Crippen LogP contribution in [0.4, 0.5) is 5.69 Å². The first-order valence-electron chi connectivity index (χ1n) is 6.05. The van der Waals surface area contributed by atoms with Crippen molar-refractivity contribution in [2.75, 3.05) is 5.73 Å². The van der Waals surface area contributed by atoms with Crippen molar-refractivity contribution in [3.05, 3.63) is 53.6 Å². The summed E-state index contributed by atoms with van der Waals surface area (Å²) in [5.74, 6) is 0.851. The Labute approximate surface area is 115 Å². The summed E-state index contributed by atoms with van der Waals surface area (Å²) in [7, 11) is 0. The molecule has 96 valence electrons. The molecule has 0 fully saturated rings. The first-order chi connectivity index (χ1) is 9.20. The van der Waals surface area contributed by atoms with Gasteiger partial charge in [0.05, 0.1) is 0 Å². The molecule has 3 aromatic rings. The van der Waals surface area contributed by atoms with Gasteiger partial charge in [-0.05, 0) is 24.6 Å². The van der Waals surface area contributed by atoms with Crippen LogP contribution in [0.1, 0.15) is 11.1 Å². The van der Waals surface area contributed by atoms with E-state index in [2.05, 4.69) is 36.2 Å². The molecule has 0 aliphatic rings. The molecule has 1 aromatic heterocycles. The van der Waals surface area contributed by atoms with Crippen LogP contribution in [0.3, 0.4) is 0 Å². The average Bonchev–Trinajstić information content (AvgIpc) is 2.78. The van der Waals surface area contributed by atoms with Crippen molar-refractivity contribution >= 4 is 28.5 Å². The number of hydrogen-bond donors (Lipinski definition) is 1. The van der Waals surface area contributed by atoms with E-state index in [1.807, 2.05) is 12.1 Å². The minimum Gasteiger partial charge on any atom is -0.431 e. The van der Waals surface area contributed by atoms with Crippen molar-refractivity contribution in [1.82, 2.24) is 4.98 Å². The van der Waals surface area contributed by atoms with E-state index in [0.29, 0.717) is 10.9 Å². The Bertz CT molecular complexity index is 721. The summed E-state index contributed by atoms with van der Waals surface area (Å²) in [6.45, 7) is 2.09. The Morgan fingerprint density at radius 3 is 2.95 bits per heavy atom. The molecule has 0 bridgehead atoms. The Kier molecular flexibility index (Phi) is 3.17. The average molecular weight is 270 g/mol. The minimum atomic E-state index is 0.683. The van der Waals surface area contributed by atoms with Crippen molar-refractivity contribution in [1.29, 1.82) is 0 Å². The molecule has 0 saturated heterocycles. The molecule has 1 heterocycles. The Morgan fingerprint density at radius 2 is 2.11 bits per heavy atom. The molecule has 19 heavy (non-hydrogen) atoms. The number of nitrogen functional groups attached to an aromatic ring is 1. The zero-order chi connectivity index (χ0) is 13.2. The lowest BCUT2D eigenvalue weighted by molar-refractivity contribution is 0.489. The molecule has 0 spiro atoms. The lowest BCUT2D eigenvalue weighted by Crippen LogP contribution is -1.82. The maximum Gasteiger partial charge on any atom is 0.257 e. The first kappa shape index (κ1) is 12.1. The van der Waals surface area contributed by atoms with Gasteiger partial charge in [0.1, 0.15) is 5.52 Å². The van der Waals surface area contributed by atoms with E-state index in [0.717, 1.165) is 16.9 Å². The van der Waals surface area contributed by atoms with Gasteiger partial charge in [-0.3, -0.25) is 0 Å². The van der Waals surface area contributed by atoms with Crippen LogP contribution >= 0.6 is 11.8 Å². The molecule has 0 amide bonds. The minimum absolute atomic E-state index is 0.683. The van der Waals surface area contributed by atoms with Gasteiger partial charge in [0.25, 0.3) is 5.22 Å². The Balaban J connectivity index is 1.78. The molecular weight excluding hydrogens is 256 g/mol. The van der Waals surface area contributed by atoms with Gasteiger partial charge in [-0.1, -0.05) is 41.6 Å². The Morgan fingerprint density at radius 1 is 1.21 bits per heavy atom. The molecule has 0 aliphatic heterocycles. The van der Waals surface area contributed by atoms with Crippen LogP contribution in [0, 0.1) is 6.92 Å². The fourth-order valence-corrected chi connectivity index (χ4v) is 2.71. The van der Waals surface area contributed by atoms with Gasteiger partial charge in [-0.15, -0.1) is 0 Å². The summed E-state index contributed by atoms with van der Waals surface area (Å²) >= 11 is 1.60. The quantitative estimate of drug-likeness (QED) is 0.577. The smallest absolute Gasteiger partial charge is 0.257 e. The molecule has 0 radical (unpaired) electrons. The highest BCUT2D eigenvalue weighted by Crippen LogP contribution is 2.27. The van der Waals surface area contributed by atoms with E-state index < -0.39 is 0 Å². The van der Waals surface area contributed by atoms with Gasteiger partial charge in [0.2, 0.25) is 0 Å². The molecule has 2 N–H and O–H groups in total. The van der Waals surface area contributed by atoms with E-state index in [1.54, 1.807) is 17.8 Å². The highest BCUT2D eigenvalue weighted by atomic mass is 32.2. The molecule has 3 nitrogen and oxygen atoms in total. The number of nitrogens with zero attached hydrogens (tertiary/aromatic N) is 1. The van der Waals surface area contributed by atoms with Crippen molar-refractivity contribution in [2.45, 2.75) is 17.9 Å². The van der Waals surface area contributed by atoms with Gasteiger partial charge >= 0.3 is 0 Å². The second kappa shape index (κ2) is 4.97. The maximum atomic E-state index is 5.72. The number of rotatable bonds is 3. The predicted octanol–water partition coefficient (Wildman–Crippen LogP) is 4.01. The van der Waals surface area contributed by atoms with Crippen molar-refractivity contribution in [2.24, 2.45) is 0 Å². The number of aromatic nitrogens is 1. The molecule has 4 heteroatoms. The van der Waals surface area contributed by atoms with Gasteiger partial charge in [0, 0.05) is 17.5 Å². The lowest BCUT2D eigenvalue weighted by Gasteiger charge is -1.99. The van der Waals surface area contributed by atoms with Crippen LogP contribution in [-0.4, -0.2) is 4.98 Å². The largest absolute Gasteiger partial charge is 0.431 e. The number of anilines is 1. The molecule has 0 saturated carbocycles. The predicted molar refractivity (Wildman–Crippen MR) is 79.2 cm³/mol. The van der Waals surface area contributed by atoms with E-state index >= 15 is 0 Å². The number of oxazole rings is 1. The van der Waals surface area contributed by atoms with Crippen molar-refractivity contribution in [3.8, 4) is 0 Å². The summed E-state index contributed by atoms with van der Waals surface area (Å²) in [4.78, 5) is 4.43. The highest BCUT2D eigenvalue weighted by molar-refractivity contribution is 7.98. The summed E-state index contributed by atoms with van der Waals surface area (Å²) in [6.07, 6.45) is 0. The molecule has 0 unspecified atom stereocenters. The fourth-order valence-electron chi connectivity index (χ4n) is 1.93. The third kappa shape index (κ3) is 2.74. The van der Waals surface area contributed by atoms with Crippen molar-refractivity contribution in [3.63, 3.8) is 0 Å². The number of fused-ring (bicyclic) bond motifs is 1. The number of nitrogens with two attached hydrogens (primary N) is 1. The van der Waals surface area contributed by atoms with E-state index in [4.69, 9.17) is 10.2 Å². The Hall–Kier alpha value is -1.94. The molecule has 0 atom stereocenters. The number of thioether (sulfide) groups is 1. The summed E-state index contributed by atoms with van der Waals surface area (Å²) in [6, 6.07) is 14.0. The van der Waals surface area contributed by atoms with Crippen LogP contribution in [-0.2, 0) is 5.75 Å². The number of benzene rings is 2. The number of hydrogen-bond acceptors (Lipinski definition) is 4. The van der Waals surface area contributed by atoms with Crippen molar-refractivity contribution < 1.29 is 4.42 Å². The molecular formula is C15H14N2OS. The second-order valence-electron chi connectivity index (χ2n) is 4.48. The lowest BCUT2D eigenvalue weighted by atomic mass is 10.2. The zero-order valence-corrected chi connectivity index (χ0v) is 11.4. The van der Waals surface area contributed by atoms with Gasteiger partial charge in [-0.2, -0.15) is 0 Å². The molecule has 3 rings (SSSR count). The van der Waals surface area contributed by atoms with Gasteiger partial charge in [0.15, 0.2) is 5.58 Å². The van der Waals surface area contributed by atoms with E-state index in [1.165, 1.54) is 11.1 Å². The van der Waals surface area contributed by atoms with Crippen LogP contribution in [0.5, 0.6) is 0 Å². The SMILES string of the molecule is Cc1cccc(CSc2nc3ccc(N)cc3o2)c1. The van der Waals surface area contributed by atoms with Gasteiger partial charge in [-0.25, -0.2) is 4.98 Å². The normalized spacial score (nSPS) is 11.0. The second-order valence-corrected chi connectivity index (χ2v) is 5.41. The van der Waals surface area contributed by atoms with Crippen LogP contribution in [0.15, 0.2) is 52.1 Å². The van der Waals surface area contributed by atoms with Crippen LogP contribution in [0.2, 0.25) is 0 Å². The monoisotopic (exact) mass is 270 g/mol. The maximum absolute atomic E-state index is 5.72. The summed E-state index contributed by atoms with van der Waals surface area (Å²) in [5.41, 5.74) is 10.5. The van der Waals surface area contributed by atoms with E-state index in [-0.39, 0.29) is 0 Å². The zero-order valence-electron chi connectivity index (χ0n) is 10.6. The fraction of sp³-hybridized carbons (Fsp3) is 0.133. The summed E-state index contributed by atoms with van der Waals surface area (Å²) in [5, 5.41) is 0.683. The third-order valence-corrected chi connectivity index (χ3v) is 3.74. The van der Waals surface area contributed by atoms with Gasteiger partial charge < -0.3 is 10.2 Å². The highest BCUT2D eigenvalue weighted by Gasteiger charge is 2.06. The first-order valence-corrected chi connectivity index (χ1v) is 7.04. The number of aryl methyl sites for hydroxylation is 1. The molecule has 0 aliphatic carbocycles. The van der Waals surface area contributed by atoms with Crippen LogP contribution < -0.4 is 5.73 Å². The van der Waals surface area contributed by atoms with E-state index in [9.17, 15) is 0 Å². The summed E-state index contributed by atoms with van der Waals surface area (Å²) < 4.78 is 5.67. The molecule has 2 aromatic carbocycles.